The summed E-state index contributed by atoms with van der Waals surface area (Å²) >= 11 is 0. The Hall–Kier alpha value is -2.13. The number of carbonyl (C=O) groups excluding carboxylic acids is 1. The lowest BCUT2D eigenvalue weighted by Gasteiger charge is -2.22. The van der Waals surface area contributed by atoms with Gasteiger partial charge in [-0.05, 0) is 30.0 Å². The second-order valence-corrected chi connectivity index (χ2v) is 6.11. The van der Waals surface area contributed by atoms with Crippen LogP contribution >= 0.6 is 0 Å². The number of amides is 1. The van der Waals surface area contributed by atoms with Gasteiger partial charge in [0, 0.05) is 17.6 Å². The van der Waals surface area contributed by atoms with Gasteiger partial charge in [0.2, 0.25) is 5.91 Å². The molecule has 3 heteroatoms. The number of hydrogen-bond acceptors (Lipinski definition) is 2. The summed E-state index contributed by atoms with van der Waals surface area (Å²) in [6.07, 6.45) is 2.35. The SMILES string of the molecule is NC(C(=O)N1CC2(CC2)c2ccccc21)c1ccccc1. The minimum absolute atomic E-state index is 0.00238. The third kappa shape index (κ3) is 1.88. The predicted molar refractivity (Wildman–Crippen MR) is 83.1 cm³/mol. The van der Waals surface area contributed by atoms with Gasteiger partial charge in [-0.2, -0.15) is 0 Å². The van der Waals surface area contributed by atoms with E-state index in [-0.39, 0.29) is 11.3 Å². The van der Waals surface area contributed by atoms with Gasteiger partial charge in [0.15, 0.2) is 0 Å². The molecule has 2 aromatic carbocycles. The maximum atomic E-state index is 12.8. The van der Waals surface area contributed by atoms with E-state index < -0.39 is 6.04 Å². The van der Waals surface area contributed by atoms with Gasteiger partial charge in [-0.3, -0.25) is 4.79 Å². The van der Waals surface area contributed by atoms with Gasteiger partial charge in [-0.25, -0.2) is 0 Å². The van der Waals surface area contributed by atoms with Crippen LogP contribution in [-0.2, 0) is 10.2 Å². The molecule has 3 nitrogen and oxygen atoms in total. The Kier molecular flexibility index (Phi) is 2.66. The number of anilines is 1. The molecule has 1 saturated carbocycles. The smallest absolute Gasteiger partial charge is 0.248 e. The highest BCUT2D eigenvalue weighted by Gasteiger charge is 2.53. The highest BCUT2D eigenvalue weighted by atomic mass is 16.2. The Labute approximate surface area is 124 Å². The van der Waals surface area contributed by atoms with Crippen molar-refractivity contribution in [3.05, 3.63) is 65.7 Å². The molecule has 1 unspecified atom stereocenters. The van der Waals surface area contributed by atoms with E-state index >= 15 is 0 Å². The topological polar surface area (TPSA) is 46.3 Å². The van der Waals surface area contributed by atoms with E-state index in [2.05, 4.69) is 12.1 Å². The van der Waals surface area contributed by atoms with Crippen molar-refractivity contribution < 1.29 is 4.79 Å². The number of nitrogens with zero attached hydrogens (tertiary/aromatic N) is 1. The van der Waals surface area contributed by atoms with Crippen LogP contribution in [0, 0.1) is 0 Å². The number of fused-ring (bicyclic) bond motifs is 2. The first-order valence-electron chi connectivity index (χ1n) is 7.43. The first-order chi connectivity index (χ1) is 10.2. The molecule has 1 aliphatic heterocycles. The molecule has 2 aromatic rings. The summed E-state index contributed by atoms with van der Waals surface area (Å²) in [6.45, 7) is 0.783. The number of carbonyl (C=O) groups is 1. The quantitative estimate of drug-likeness (QED) is 0.918. The van der Waals surface area contributed by atoms with E-state index in [1.54, 1.807) is 0 Å². The zero-order valence-electron chi connectivity index (χ0n) is 11.8. The average Bonchev–Trinajstić information content (AvgIpc) is 3.25. The predicted octanol–water partition coefficient (Wildman–Crippen LogP) is 2.76. The summed E-state index contributed by atoms with van der Waals surface area (Å²) in [7, 11) is 0. The van der Waals surface area contributed by atoms with Gasteiger partial charge < -0.3 is 10.6 Å². The van der Waals surface area contributed by atoms with Gasteiger partial charge in [0.05, 0.1) is 0 Å². The third-order valence-corrected chi connectivity index (χ3v) is 4.77. The minimum Gasteiger partial charge on any atom is -0.316 e. The lowest BCUT2D eigenvalue weighted by molar-refractivity contribution is -0.119. The molecule has 2 N–H and O–H groups in total. The number of hydrogen-bond donors (Lipinski definition) is 1. The van der Waals surface area contributed by atoms with Crippen molar-refractivity contribution in [2.75, 3.05) is 11.4 Å². The summed E-state index contributed by atoms with van der Waals surface area (Å²) in [5.41, 5.74) is 9.64. The minimum atomic E-state index is -0.590. The normalized spacial score (nSPS) is 19.4. The fourth-order valence-corrected chi connectivity index (χ4v) is 3.38. The Morgan fingerprint density at radius 3 is 2.43 bits per heavy atom. The standard InChI is InChI=1S/C18H18N2O/c19-16(13-6-2-1-3-7-13)17(21)20-12-18(10-11-18)14-8-4-5-9-15(14)20/h1-9,16H,10-12,19H2. The molecule has 21 heavy (non-hydrogen) atoms. The molecule has 2 aliphatic rings. The summed E-state index contributed by atoms with van der Waals surface area (Å²) in [5, 5.41) is 0. The van der Waals surface area contributed by atoms with Crippen LogP contribution in [0.1, 0.15) is 30.0 Å². The van der Waals surface area contributed by atoms with Crippen LogP contribution in [0.15, 0.2) is 54.6 Å². The van der Waals surface area contributed by atoms with Gasteiger partial charge >= 0.3 is 0 Å². The van der Waals surface area contributed by atoms with E-state index in [1.807, 2.05) is 47.4 Å². The van der Waals surface area contributed by atoms with E-state index in [0.717, 1.165) is 17.8 Å². The molecule has 0 saturated heterocycles. The lowest BCUT2D eigenvalue weighted by Crippen LogP contribution is -2.38. The van der Waals surface area contributed by atoms with Crippen molar-refractivity contribution in [3.8, 4) is 0 Å². The molecule has 1 fully saturated rings. The fourth-order valence-electron chi connectivity index (χ4n) is 3.38. The molecular formula is C18H18N2O. The monoisotopic (exact) mass is 278 g/mol. The maximum Gasteiger partial charge on any atom is 0.248 e. The van der Waals surface area contributed by atoms with Crippen LogP contribution in [0.2, 0.25) is 0 Å². The lowest BCUT2D eigenvalue weighted by atomic mass is 9.99. The Bertz CT molecular complexity index is 691. The van der Waals surface area contributed by atoms with Crippen LogP contribution in [0.4, 0.5) is 5.69 Å². The summed E-state index contributed by atoms with van der Waals surface area (Å²) < 4.78 is 0. The number of benzene rings is 2. The zero-order valence-corrected chi connectivity index (χ0v) is 11.8. The highest BCUT2D eigenvalue weighted by Crippen LogP contribution is 2.56. The second kappa shape index (κ2) is 4.43. The Morgan fingerprint density at radius 1 is 1.05 bits per heavy atom. The first-order valence-corrected chi connectivity index (χ1v) is 7.43. The molecule has 1 aliphatic carbocycles. The van der Waals surface area contributed by atoms with Gasteiger partial charge in [-0.1, -0.05) is 48.5 Å². The van der Waals surface area contributed by atoms with Crippen LogP contribution in [0.3, 0.4) is 0 Å². The van der Waals surface area contributed by atoms with E-state index in [4.69, 9.17) is 5.73 Å². The molecule has 1 atom stereocenters. The number of para-hydroxylation sites is 1. The summed E-state index contributed by atoms with van der Waals surface area (Å²) in [4.78, 5) is 14.7. The summed E-state index contributed by atoms with van der Waals surface area (Å²) in [5.74, 6) is -0.00238. The molecule has 1 heterocycles. The van der Waals surface area contributed by atoms with Crippen LogP contribution in [-0.4, -0.2) is 12.5 Å². The van der Waals surface area contributed by atoms with Crippen molar-refractivity contribution in [1.29, 1.82) is 0 Å². The zero-order chi connectivity index (χ0) is 14.4. The highest BCUT2D eigenvalue weighted by molar-refractivity contribution is 6.00. The second-order valence-electron chi connectivity index (χ2n) is 6.11. The van der Waals surface area contributed by atoms with E-state index in [9.17, 15) is 4.79 Å². The number of nitrogens with two attached hydrogens (primary N) is 1. The maximum absolute atomic E-state index is 12.8. The van der Waals surface area contributed by atoms with Crippen molar-refractivity contribution in [2.24, 2.45) is 5.73 Å². The molecule has 1 spiro atoms. The first kappa shape index (κ1) is 12.6. The van der Waals surface area contributed by atoms with Gasteiger partial charge in [0.1, 0.15) is 6.04 Å². The molecule has 1 amide bonds. The number of rotatable bonds is 2. The molecule has 0 radical (unpaired) electrons. The van der Waals surface area contributed by atoms with Crippen LogP contribution < -0.4 is 10.6 Å². The Morgan fingerprint density at radius 2 is 1.71 bits per heavy atom. The van der Waals surface area contributed by atoms with Gasteiger partial charge in [0.25, 0.3) is 0 Å². The largest absolute Gasteiger partial charge is 0.316 e. The Balaban J connectivity index is 1.67. The van der Waals surface area contributed by atoms with Crippen molar-refractivity contribution >= 4 is 11.6 Å². The van der Waals surface area contributed by atoms with E-state index in [1.165, 1.54) is 18.4 Å². The molecular weight excluding hydrogens is 260 g/mol. The fraction of sp³-hybridized carbons (Fsp3) is 0.278. The molecule has 0 bridgehead atoms. The molecule has 106 valence electrons. The average molecular weight is 278 g/mol. The van der Waals surface area contributed by atoms with Crippen LogP contribution in [0.25, 0.3) is 0 Å². The van der Waals surface area contributed by atoms with Gasteiger partial charge in [-0.15, -0.1) is 0 Å². The molecule has 4 rings (SSSR count). The van der Waals surface area contributed by atoms with Crippen molar-refractivity contribution in [3.63, 3.8) is 0 Å². The third-order valence-electron chi connectivity index (χ3n) is 4.77. The van der Waals surface area contributed by atoms with Crippen molar-refractivity contribution in [2.45, 2.75) is 24.3 Å². The van der Waals surface area contributed by atoms with E-state index in [0.29, 0.717) is 0 Å². The van der Waals surface area contributed by atoms with Crippen molar-refractivity contribution in [1.82, 2.24) is 0 Å². The summed E-state index contributed by atoms with van der Waals surface area (Å²) in [6, 6.07) is 17.3. The molecule has 0 aromatic heterocycles. The van der Waals surface area contributed by atoms with Crippen LogP contribution in [0.5, 0.6) is 0 Å².